The van der Waals surface area contributed by atoms with Crippen LogP contribution < -0.4 is 15.5 Å². The van der Waals surface area contributed by atoms with Gasteiger partial charge in [0.25, 0.3) is 0 Å². The van der Waals surface area contributed by atoms with E-state index < -0.39 is 0 Å². The van der Waals surface area contributed by atoms with E-state index in [0.29, 0.717) is 17.1 Å². The standard InChI is InChI=1S/C24H29ClN6O/c1-16-13-23(31-9-11-32-12-10-31)30-24(27-16)29-19-4-2-3-18(15-19)28-21-7-8-26-22-14-17(25)5-6-20(21)22/h5-8,13-14,18-19H,2-4,9-12,15H2,1H3,(H,26,28)(H,27,29,30)/t18-,19+/m0/s1. The number of pyridine rings is 1. The van der Waals surface area contributed by atoms with Gasteiger partial charge in [-0.1, -0.05) is 11.6 Å². The second-order valence-corrected chi connectivity index (χ2v) is 9.10. The maximum absolute atomic E-state index is 6.14. The minimum Gasteiger partial charge on any atom is -0.382 e. The van der Waals surface area contributed by atoms with Gasteiger partial charge in [0, 0.05) is 59.2 Å². The number of hydrogen-bond donors (Lipinski definition) is 2. The number of rotatable bonds is 5. The molecule has 7 nitrogen and oxygen atoms in total. The predicted octanol–water partition coefficient (Wildman–Crippen LogP) is 4.66. The molecule has 5 rings (SSSR count). The summed E-state index contributed by atoms with van der Waals surface area (Å²) in [5, 5.41) is 9.17. The first-order valence-electron chi connectivity index (χ1n) is 11.4. The van der Waals surface area contributed by atoms with Gasteiger partial charge >= 0.3 is 0 Å². The first-order valence-corrected chi connectivity index (χ1v) is 11.8. The van der Waals surface area contributed by atoms with Gasteiger partial charge in [-0.3, -0.25) is 4.98 Å². The Labute approximate surface area is 193 Å². The van der Waals surface area contributed by atoms with E-state index >= 15 is 0 Å². The Balaban J connectivity index is 1.27. The Kier molecular flexibility index (Phi) is 6.28. The molecule has 8 heteroatoms. The highest BCUT2D eigenvalue weighted by Crippen LogP contribution is 2.29. The largest absolute Gasteiger partial charge is 0.382 e. The summed E-state index contributed by atoms with van der Waals surface area (Å²) >= 11 is 6.14. The Hall–Kier alpha value is -2.64. The lowest BCUT2D eigenvalue weighted by Gasteiger charge is -2.32. The predicted molar refractivity (Wildman–Crippen MR) is 130 cm³/mol. The lowest BCUT2D eigenvalue weighted by Crippen LogP contribution is -2.37. The molecular formula is C24H29ClN6O. The number of aryl methyl sites for hydroxylation is 1. The van der Waals surface area contributed by atoms with Gasteiger partial charge in [-0.05, 0) is 56.9 Å². The topological polar surface area (TPSA) is 75.2 Å². The van der Waals surface area contributed by atoms with Crippen LogP contribution in [0.1, 0.15) is 31.4 Å². The molecule has 168 valence electrons. The quantitative estimate of drug-likeness (QED) is 0.583. The molecule has 3 heterocycles. The number of hydrogen-bond acceptors (Lipinski definition) is 7. The number of nitrogens with zero attached hydrogens (tertiary/aromatic N) is 4. The summed E-state index contributed by atoms with van der Waals surface area (Å²) in [6, 6.07) is 10.7. The van der Waals surface area contributed by atoms with E-state index in [1.807, 2.05) is 37.4 Å². The average Bonchev–Trinajstić information content (AvgIpc) is 2.79. The van der Waals surface area contributed by atoms with Crippen molar-refractivity contribution in [1.82, 2.24) is 15.0 Å². The first-order chi connectivity index (χ1) is 15.6. The first kappa shape index (κ1) is 21.2. The summed E-state index contributed by atoms with van der Waals surface area (Å²) in [5.74, 6) is 1.71. The summed E-state index contributed by atoms with van der Waals surface area (Å²) < 4.78 is 5.48. The van der Waals surface area contributed by atoms with Gasteiger partial charge in [0.05, 0.1) is 18.7 Å². The van der Waals surface area contributed by atoms with Crippen LogP contribution in [0.5, 0.6) is 0 Å². The van der Waals surface area contributed by atoms with Crippen LogP contribution in [0, 0.1) is 6.92 Å². The molecule has 1 aromatic carbocycles. The van der Waals surface area contributed by atoms with Crippen molar-refractivity contribution >= 4 is 40.0 Å². The number of nitrogens with one attached hydrogen (secondary N) is 2. The summed E-state index contributed by atoms with van der Waals surface area (Å²) in [7, 11) is 0. The van der Waals surface area contributed by atoms with Crippen LogP contribution in [-0.2, 0) is 4.74 Å². The number of halogens is 1. The number of anilines is 3. The normalized spacial score (nSPS) is 21.5. The lowest BCUT2D eigenvalue weighted by atomic mass is 9.90. The molecule has 2 N–H and O–H groups in total. The number of benzene rings is 1. The summed E-state index contributed by atoms with van der Waals surface area (Å²) in [4.78, 5) is 16.2. The third-order valence-electron chi connectivity index (χ3n) is 6.25. The van der Waals surface area contributed by atoms with Crippen molar-refractivity contribution in [2.45, 2.75) is 44.7 Å². The SMILES string of the molecule is Cc1cc(N2CCOCC2)nc(N[C@@H]2CCC[C@H](Nc3ccnc4cc(Cl)ccc34)C2)n1. The molecule has 1 saturated carbocycles. The molecule has 0 unspecified atom stereocenters. The van der Waals surface area contributed by atoms with Crippen LogP contribution in [0.15, 0.2) is 36.5 Å². The smallest absolute Gasteiger partial charge is 0.225 e. The van der Waals surface area contributed by atoms with Crippen molar-refractivity contribution in [2.24, 2.45) is 0 Å². The van der Waals surface area contributed by atoms with Gasteiger partial charge in [0.2, 0.25) is 5.95 Å². The molecule has 0 bridgehead atoms. The maximum Gasteiger partial charge on any atom is 0.225 e. The van der Waals surface area contributed by atoms with E-state index in [9.17, 15) is 0 Å². The van der Waals surface area contributed by atoms with Crippen molar-refractivity contribution in [3.63, 3.8) is 0 Å². The van der Waals surface area contributed by atoms with Gasteiger partial charge in [-0.2, -0.15) is 4.98 Å². The maximum atomic E-state index is 6.14. The number of morpholine rings is 1. The van der Waals surface area contributed by atoms with E-state index in [2.05, 4.69) is 31.6 Å². The third kappa shape index (κ3) is 4.89. The minimum absolute atomic E-state index is 0.336. The highest BCUT2D eigenvalue weighted by Gasteiger charge is 2.24. The minimum atomic E-state index is 0.336. The fraction of sp³-hybridized carbons (Fsp3) is 0.458. The summed E-state index contributed by atoms with van der Waals surface area (Å²) in [6.07, 6.45) is 6.28. The zero-order chi connectivity index (χ0) is 21.9. The summed E-state index contributed by atoms with van der Waals surface area (Å²) in [6.45, 7) is 5.27. The van der Waals surface area contributed by atoms with E-state index in [0.717, 1.165) is 86.0 Å². The van der Waals surface area contributed by atoms with Crippen LogP contribution in [0.2, 0.25) is 5.02 Å². The zero-order valence-electron chi connectivity index (χ0n) is 18.4. The molecule has 1 aliphatic carbocycles. The van der Waals surface area contributed by atoms with Crippen molar-refractivity contribution in [3.05, 3.63) is 47.2 Å². The molecule has 2 atom stereocenters. The van der Waals surface area contributed by atoms with Crippen LogP contribution >= 0.6 is 11.6 Å². The number of aromatic nitrogens is 3. The molecule has 0 amide bonds. The molecule has 32 heavy (non-hydrogen) atoms. The van der Waals surface area contributed by atoms with Crippen molar-refractivity contribution < 1.29 is 4.74 Å². The van der Waals surface area contributed by atoms with Crippen LogP contribution in [0.4, 0.5) is 17.5 Å². The van der Waals surface area contributed by atoms with Crippen molar-refractivity contribution in [1.29, 1.82) is 0 Å². The molecule has 1 saturated heterocycles. The van der Waals surface area contributed by atoms with Gasteiger partial charge < -0.3 is 20.3 Å². The number of fused-ring (bicyclic) bond motifs is 1. The highest BCUT2D eigenvalue weighted by molar-refractivity contribution is 6.31. The van der Waals surface area contributed by atoms with E-state index in [1.54, 1.807) is 0 Å². The van der Waals surface area contributed by atoms with E-state index in [4.69, 9.17) is 21.3 Å². The van der Waals surface area contributed by atoms with Crippen LogP contribution in [0.25, 0.3) is 10.9 Å². The van der Waals surface area contributed by atoms with Crippen molar-refractivity contribution in [3.8, 4) is 0 Å². The molecule has 0 radical (unpaired) electrons. The Morgan fingerprint density at radius 3 is 2.69 bits per heavy atom. The van der Waals surface area contributed by atoms with Gasteiger partial charge in [-0.15, -0.1) is 0 Å². The molecular weight excluding hydrogens is 424 g/mol. The Morgan fingerprint density at radius 2 is 1.84 bits per heavy atom. The highest BCUT2D eigenvalue weighted by atomic mass is 35.5. The van der Waals surface area contributed by atoms with Gasteiger partial charge in [-0.25, -0.2) is 4.98 Å². The van der Waals surface area contributed by atoms with E-state index in [-0.39, 0.29) is 0 Å². The summed E-state index contributed by atoms with van der Waals surface area (Å²) in [5.41, 5.74) is 3.01. The monoisotopic (exact) mass is 452 g/mol. The second-order valence-electron chi connectivity index (χ2n) is 8.66. The van der Waals surface area contributed by atoms with E-state index in [1.165, 1.54) is 0 Å². The molecule has 1 aliphatic heterocycles. The molecule has 2 aliphatic rings. The van der Waals surface area contributed by atoms with Crippen molar-refractivity contribution in [2.75, 3.05) is 41.8 Å². The fourth-order valence-electron chi connectivity index (χ4n) is 4.67. The Bertz CT molecular complexity index is 1090. The fourth-order valence-corrected chi connectivity index (χ4v) is 4.84. The van der Waals surface area contributed by atoms with Gasteiger partial charge in [0.15, 0.2) is 0 Å². The second kappa shape index (κ2) is 9.46. The molecule has 2 fully saturated rings. The molecule has 2 aromatic heterocycles. The lowest BCUT2D eigenvalue weighted by molar-refractivity contribution is 0.122. The zero-order valence-corrected chi connectivity index (χ0v) is 19.1. The van der Waals surface area contributed by atoms with Crippen LogP contribution in [0.3, 0.4) is 0 Å². The third-order valence-corrected chi connectivity index (χ3v) is 6.48. The number of ether oxygens (including phenoxy) is 1. The molecule has 3 aromatic rings. The van der Waals surface area contributed by atoms with Crippen LogP contribution in [-0.4, -0.2) is 53.3 Å². The average molecular weight is 453 g/mol. The molecule has 0 spiro atoms. The van der Waals surface area contributed by atoms with Gasteiger partial charge in [0.1, 0.15) is 5.82 Å². The Morgan fingerprint density at radius 1 is 1.03 bits per heavy atom.